The Labute approximate surface area is 130 Å². The minimum Gasteiger partial charge on any atom is -0.496 e. The van der Waals surface area contributed by atoms with Crippen LogP contribution < -0.4 is 10.1 Å². The molecule has 1 aromatic heterocycles. The maximum Gasteiger partial charge on any atom is 0.122 e. The Morgan fingerprint density at radius 2 is 2.16 bits per heavy atom. The first-order chi connectivity index (χ1) is 9.13. The second kappa shape index (κ2) is 6.75. The number of thiophene rings is 1. The molecule has 1 heterocycles. The second-order valence-corrected chi connectivity index (χ2v) is 7.07. The average molecular weight is 361 g/mol. The van der Waals surface area contributed by atoms with E-state index >= 15 is 0 Å². The van der Waals surface area contributed by atoms with Gasteiger partial charge in [-0.05, 0) is 65.3 Å². The van der Waals surface area contributed by atoms with Crippen LogP contribution in [0, 0.1) is 0 Å². The predicted octanol–water partition coefficient (Wildman–Crippen LogP) is 4.68. The van der Waals surface area contributed by atoms with Crippen LogP contribution in [0.25, 0.3) is 0 Å². The number of likely N-dealkylation sites (N-methyl/N-ethyl adjacent to an activating group) is 1. The summed E-state index contributed by atoms with van der Waals surface area (Å²) in [6.07, 6.45) is 0.840. The van der Waals surface area contributed by atoms with Crippen molar-refractivity contribution in [2.45, 2.75) is 12.5 Å². The minimum atomic E-state index is 0.253. The molecule has 1 unspecified atom stereocenters. The highest BCUT2D eigenvalue weighted by molar-refractivity contribution is 9.11. The van der Waals surface area contributed by atoms with E-state index in [9.17, 15) is 0 Å². The van der Waals surface area contributed by atoms with Crippen molar-refractivity contribution < 1.29 is 4.74 Å². The summed E-state index contributed by atoms with van der Waals surface area (Å²) in [6.45, 7) is 0. The van der Waals surface area contributed by atoms with Gasteiger partial charge in [0.15, 0.2) is 0 Å². The summed E-state index contributed by atoms with van der Waals surface area (Å²) in [5, 5.41) is 4.08. The Hall–Kier alpha value is -0.550. The summed E-state index contributed by atoms with van der Waals surface area (Å²) in [5.74, 6) is 0.875. The molecule has 0 aliphatic rings. The molecule has 19 heavy (non-hydrogen) atoms. The van der Waals surface area contributed by atoms with Gasteiger partial charge in [-0.1, -0.05) is 11.6 Å². The summed E-state index contributed by atoms with van der Waals surface area (Å²) in [4.78, 5) is 1.29. The van der Waals surface area contributed by atoms with E-state index in [1.54, 1.807) is 18.4 Å². The quantitative estimate of drug-likeness (QED) is 0.836. The van der Waals surface area contributed by atoms with Crippen molar-refractivity contribution >= 4 is 38.9 Å². The molecular formula is C14H15BrClNOS. The molecule has 2 aromatic rings. The van der Waals surface area contributed by atoms with E-state index in [0.29, 0.717) is 0 Å². The molecule has 0 saturated heterocycles. The van der Waals surface area contributed by atoms with Crippen LogP contribution in [-0.2, 0) is 6.42 Å². The number of ether oxygens (including phenoxy) is 1. The average Bonchev–Trinajstić information content (AvgIpc) is 2.82. The van der Waals surface area contributed by atoms with Crippen LogP contribution in [0.5, 0.6) is 5.75 Å². The third-order valence-corrected chi connectivity index (χ3v) is 4.92. The van der Waals surface area contributed by atoms with Gasteiger partial charge in [-0.15, -0.1) is 11.3 Å². The van der Waals surface area contributed by atoms with Crippen LogP contribution in [0.15, 0.2) is 34.1 Å². The largest absolute Gasteiger partial charge is 0.496 e. The van der Waals surface area contributed by atoms with Crippen LogP contribution in [-0.4, -0.2) is 14.2 Å². The maximum absolute atomic E-state index is 6.07. The zero-order valence-corrected chi connectivity index (χ0v) is 13.9. The number of nitrogens with one attached hydrogen (secondary N) is 1. The van der Waals surface area contributed by atoms with E-state index < -0.39 is 0 Å². The number of hydrogen-bond donors (Lipinski definition) is 1. The molecular weight excluding hydrogens is 346 g/mol. The van der Waals surface area contributed by atoms with Crippen molar-refractivity contribution in [3.63, 3.8) is 0 Å². The molecule has 1 atom stereocenters. The van der Waals surface area contributed by atoms with E-state index in [2.05, 4.69) is 33.4 Å². The first-order valence-corrected chi connectivity index (χ1v) is 7.87. The molecule has 0 aliphatic carbocycles. The van der Waals surface area contributed by atoms with E-state index in [4.69, 9.17) is 16.3 Å². The summed E-state index contributed by atoms with van der Waals surface area (Å²) in [7, 11) is 3.65. The molecule has 2 nitrogen and oxygen atoms in total. The molecule has 1 N–H and O–H groups in total. The molecule has 0 fully saturated rings. The third kappa shape index (κ3) is 3.72. The minimum absolute atomic E-state index is 0.253. The Kier molecular flexibility index (Phi) is 5.28. The molecule has 0 saturated carbocycles. The van der Waals surface area contributed by atoms with Crippen molar-refractivity contribution in [3.05, 3.63) is 49.6 Å². The highest BCUT2D eigenvalue weighted by Crippen LogP contribution is 2.32. The summed E-state index contributed by atoms with van der Waals surface area (Å²) in [6, 6.07) is 10.2. The summed E-state index contributed by atoms with van der Waals surface area (Å²) < 4.78 is 6.53. The highest BCUT2D eigenvalue weighted by atomic mass is 79.9. The van der Waals surface area contributed by atoms with Crippen LogP contribution >= 0.6 is 38.9 Å². The van der Waals surface area contributed by atoms with Gasteiger partial charge in [-0.2, -0.15) is 0 Å². The molecule has 0 spiro atoms. The number of halogens is 2. The van der Waals surface area contributed by atoms with Gasteiger partial charge in [0.25, 0.3) is 0 Å². The van der Waals surface area contributed by atoms with Crippen LogP contribution in [0.3, 0.4) is 0 Å². The number of rotatable bonds is 5. The Morgan fingerprint density at radius 1 is 1.37 bits per heavy atom. The molecule has 0 radical (unpaired) electrons. The predicted molar refractivity (Wildman–Crippen MR) is 85.5 cm³/mol. The lowest BCUT2D eigenvalue weighted by Gasteiger charge is -2.17. The van der Waals surface area contributed by atoms with Crippen LogP contribution in [0.4, 0.5) is 0 Å². The monoisotopic (exact) mass is 359 g/mol. The number of hydrogen-bond acceptors (Lipinski definition) is 3. The van der Waals surface area contributed by atoms with Crippen molar-refractivity contribution in [3.8, 4) is 5.75 Å². The first-order valence-electron chi connectivity index (χ1n) is 5.89. The molecule has 0 aliphatic heterocycles. The van der Waals surface area contributed by atoms with Crippen LogP contribution in [0.2, 0.25) is 5.02 Å². The van der Waals surface area contributed by atoms with Crippen molar-refractivity contribution in [1.29, 1.82) is 0 Å². The molecule has 2 rings (SSSR count). The van der Waals surface area contributed by atoms with E-state index in [-0.39, 0.29) is 6.04 Å². The van der Waals surface area contributed by atoms with E-state index in [0.717, 1.165) is 26.5 Å². The van der Waals surface area contributed by atoms with E-state index in [1.165, 1.54) is 4.88 Å². The zero-order valence-electron chi connectivity index (χ0n) is 10.7. The molecule has 5 heteroatoms. The summed E-state index contributed by atoms with van der Waals surface area (Å²) >= 11 is 11.3. The van der Waals surface area contributed by atoms with Crippen LogP contribution in [0.1, 0.15) is 16.5 Å². The lowest BCUT2D eigenvalue weighted by Crippen LogP contribution is -2.18. The normalized spacial score (nSPS) is 12.4. The number of benzene rings is 1. The lowest BCUT2D eigenvalue weighted by molar-refractivity contribution is 0.406. The van der Waals surface area contributed by atoms with Gasteiger partial charge >= 0.3 is 0 Å². The standard InChI is InChI=1S/C14H15BrClNOS/c1-17-11(13-5-6-14(15)19-13)8-9-7-10(16)3-4-12(9)18-2/h3-7,11,17H,8H2,1-2H3. The van der Waals surface area contributed by atoms with Gasteiger partial charge in [0, 0.05) is 15.9 Å². The molecule has 0 bridgehead atoms. The fourth-order valence-electron chi connectivity index (χ4n) is 1.99. The number of methoxy groups -OCH3 is 1. The molecule has 102 valence electrons. The molecule has 0 amide bonds. The van der Waals surface area contributed by atoms with E-state index in [1.807, 2.05) is 25.2 Å². The second-order valence-electron chi connectivity index (χ2n) is 4.14. The lowest BCUT2D eigenvalue weighted by atomic mass is 10.0. The SMILES string of the molecule is CNC(Cc1cc(Cl)ccc1OC)c1ccc(Br)s1. The third-order valence-electron chi connectivity index (χ3n) is 2.95. The molecule has 1 aromatic carbocycles. The highest BCUT2D eigenvalue weighted by Gasteiger charge is 2.15. The maximum atomic E-state index is 6.07. The smallest absolute Gasteiger partial charge is 0.122 e. The van der Waals surface area contributed by atoms with Crippen molar-refractivity contribution in [2.24, 2.45) is 0 Å². The fraction of sp³-hybridized carbons (Fsp3) is 0.286. The topological polar surface area (TPSA) is 21.3 Å². The summed E-state index contributed by atoms with van der Waals surface area (Å²) in [5.41, 5.74) is 1.11. The Balaban J connectivity index is 2.25. The van der Waals surface area contributed by atoms with Crippen molar-refractivity contribution in [1.82, 2.24) is 5.32 Å². The van der Waals surface area contributed by atoms with Gasteiger partial charge in [-0.3, -0.25) is 0 Å². The van der Waals surface area contributed by atoms with Gasteiger partial charge in [0.1, 0.15) is 5.75 Å². The Bertz CT molecular complexity index is 558. The van der Waals surface area contributed by atoms with Gasteiger partial charge in [0.05, 0.1) is 10.9 Å². The first kappa shape index (κ1) is 14.9. The van der Waals surface area contributed by atoms with Gasteiger partial charge in [-0.25, -0.2) is 0 Å². The van der Waals surface area contributed by atoms with Crippen molar-refractivity contribution in [2.75, 3.05) is 14.2 Å². The Morgan fingerprint density at radius 3 is 2.74 bits per heavy atom. The van der Waals surface area contributed by atoms with Gasteiger partial charge in [0.2, 0.25) is 0 Å². The zero-order chi connectivity index (χ0) is 13.8. The van der Waals surface area contributed by atoms with Gasteiger partial charge < -0.3 is 10.1 Å². The fourth-order valence-corrected chi connectivity index (χ4v) is 3.72.